The van der Waals surface area contributed by atoms with Crippen LogP contribution in [-0.2, 0) is 6.54 Å². The first-order valence-electron chi connectivity index (χ1n) is 5.75. The van der Waals surface area contributed by atoms with E-state index in [1.165, 1.54) is 0 Å². The fourth-order valence-corrected chi connectivity index (χ4v) is 2.81. The highest BCUT2D eigenvalue weighted by atomic mass is 32.1. The fraction of sp³-hybridized carbons (Fsp3) is 0.154. The number of nitrogens with zero attached hydrogens (tertiary/aromatic N) is 3. The van der Waals surface area contributed by atoms with Crippen LogP contribution in [0.4, 0.5) is 0 Å². The first-order chi connectivity index (χ1) is 9.15. The number of benzene rings is 1. The van der Waals surface area contributed by atoms with E-state index in [4.69, 9.17) is 0 Å². The number of aromatic carboxylic acids is 1. The van der Waals surface area contributed by atoms with Crippen molar-refractivity contribution in [1.82, 2.24) is 14.8 Å². The quantitative estimate of drug-likeness (QED) is 0.796. The Balaban J connectivity index is 2.11. The monoisotopic (exact) mass is 273 g/mol. The second-order valence-corrected chi connectivity index (χ2v) is 5.49. The van der Waals surface area contributed by atoms with E-state index in [0.717, 1.165) is 15.4 Å². The minimum absolute atomic E-state index is 0.0943. The van der Waals surface area contributed by atoms with Gasteiger partial charge < -0.3 is 5.11 Å². The molecule has 0 amide bonds. The van der Waals surface area contributed by atoms with E-state index in [0.29, 0.717) is 11.9 Å². The van der Waals surface area contributed by atoms with E-state index < -0.39 is 5.97 Å². The summed E-state index contributed by atoms with van der Waals surface area (Å²) in [5, 5.41) is 15.0. The fourth-order valence-electron chi connectivity index (χ4n) is 2.03. The zero-order valence-corrected chi connectivity index (χ0v) is 11.0. The van der Waals surface area contributed by atoms with Crippen molar-refractivity contribution in [2.75, 3.05) is 0 Å². The lowest BCUT2D eigenvalue weighted by Crippen LogP contribution is -2.03. The topological polar surface area (TPSA) is 68.0 Å². The SMILES string of the molecule is Cc1ncc(Cn2nc(C(=O)O)c3ccccc32)s1. The van der Waals surface area contributed by atoms with E-state index >= 15 is 0 Å². The van der Waals surface area contributed by atoms with Crippen molar-refractivity contribution in [1.29, 1.82) is 0 Å². The number of aromatic nitrogens is 3. The third-order valence-electron chi connectivity index (χ3n) is 2.84. The lowest BCUT2D eigenvalue weighted by atomic mass is 10.2. The number of aryl methyl sites for hydroxylation is 1. The second kappa shape index (κ2) is 4.47. The molecular weight excluding hydrogens is 262 g/mol. The molecule has 0 radical (unpaired) electrons. The molecule has 0 atom stereocenters. The Labute approximate surface area is 113 Å². The highest BCUT2D eigenvalue weighted by Gasteiger charge is 2.16. The van der Waals surface area contributed by atoms with Crippen LogP contribution in [0.5, 0.6) is 0 Å². The van der Waals surface area contributed by atoms with E-state index in [1.54, 1.807) is 28.3 Å². The van der Waals surface area contributed by atoms with Crippen molar-refractivity contribution >= 4 is 28.2 Å². The maximum absolute atomic E-state index is 11.2. The van der Waals surface area contributed by atoms with E-state index in [2.05, 4.69) is 10.1 Å². The van der Waals surface area contributed by atoms with Crippen LogP contribution in [0.1, 0.15) is 20.4 Å². The van der Waals surface area contributed by atoms with Crippen molar-refractivity contribution in [2.24, 2.45) is 0 Å². The van der Waals surface area contributed by atoms with E-state index in [9.17, 15) is 9.90 Å². The van der Waals surface area contributed by atoms with E-state index in [-0.39, 0.29) is 5.69 Å². The molecular formula is C13H11N3O2S. The number of fused-ring (bicyclic) bond motifs is 1. The summed E-state index contributed by atoms with van der Waals surface area (Å²) in [6.07, 6.45) is 1.80. The van der Waals surface area contributed by atoms with Crippen molar-refractivity contribution in [2.45, 2.75) is 13.5 Å². The molecule has 0 spiro atoms. The molecule has 1 aromatic carbocycles. The van der Waals surface area contributed by atoms with Crippen LogP contribution in [0, 0.1) is 6.92 Å². The molecule has 0 fully saturated rings. The maximum Gasteiger partial charge on any atom is 0.357 e. The normalized spacial score (nSPS) is 11.0. The largest absolute Gasteiger partial charge is 0.476 e. The van der Waals surface area contributed by atoms with Crippen molar-refractivity contribution in [3.8, 4) is 0 Å². The molecule has 2 heterocycles. The second-order valence-electron chi connectivity index (χ2n) is 4.17. The molecule has 96 valence electrons. The number of rotatable bonds is 3. The minimum Gasteiger partial charge on any atom is -0.476 e. The number of para-hydroxylation sites is 1. The van der Waals surface area contributed by atoms with Gasteiger partial charge in [-0.1, -0.05) is 18.2 Å². The van der Waals surface area contributed by atoms with Gasteiger partial charge in [-0.15, -0.1) is 11.3 Å². The molecule has 2 aromatic heterocycles. The molecule has 19 heavy (non-hydrogen) atoms. The maximum atomic E-state index is 11.2. The predicted molar refractivity (Wildman–Crippen MR) is 72.6 cm³/mol. The molecule has 0 aliphatic heterocycles. The Morgan fingerprint density at radius 3 is 2.89 bits per heavy atom. The average Bonchev–Trinajstić information content (AvgIpc) is 2.95. The van der Waals surface area contributed by atoms with Gasteiger partial charge in [-0.2, -0.15) is 5.10 Å². The van der Waals surface area contributed by atoms with Gasteiger partial charge in [-0.05, 0) is 13.0 Å². The van der Waals surface area contributed by atoms with Crippen LogP contribution >= 0.6 is 11.3 Å². The third kappa shape index (κ3) is 2.10. The number of carboxylic acids is 1. The highest BCUT2D eigenvalue weighted by molar-refractivity contribution is 7.11. The van der Waals surface area contributed by atoms with Crippen LogP contribution in [0.15, 0.2) is 30.5 Å². The highest BCUT2D eigenvalue weighted by Crippen LogP contribution is 2.21. The molecule has 5 nitrogen and oxygen atoms in total. The van der Waals surface area contributed by atoms with Gasteiger partial charge in [0, 0.05) is 16.5 Å². The molecule has 6 heteroatoms. The summed E-state index contributed by atoms with van der Waals surface area (Å²) in [6, 6.07) is 7.35. The first kappa shape index (κ1) is 11.9. The van der Waals surface area contributed by atoms with Gasteiger partial charge in [0.1, 0.15) is 0 Å². The molecule has 0 bridgehead atoms. The average molecular weight is 273 g/mol. The van der Waals surface area contributed by atoms with Crippen molar-refractivity contribution in [3.05, 3.63) is 46.0 Å². The Morgan fingerprint density at radius 1 is 1.42 bits per heavy atom. The lowest BCUT2D eigenvalue weighted by molar-refractivity contribution is 0.0691. The molecule has 0 aliphatic carbocycles. The van der Waals surface area contributed by atoms with Gasteiger partial charge in [0.15, 0.2) is 5.69 Å². The summed E-state index contributed by atoms with van der Waals surface area (Å²) in [5.41, 5.74) is 0.919. The summed E-state index contributed by atoms with van der Waals surface area (Å²) in [5.74, 6) is -1.00. The summed E-state index contributed by atoms with van der Waals surface area (Å²) in [6.45, 7) is 2.48. The summed E-state index contributed by atoms with van der Waals surface area (Å²) in [4.78, 5) is 16.5. The van der Waals surface area contributed by atoms with Crippen LogP contribution in [0.3, 0.4) is 0 Å². The van der Waals surface area contributed by atoms with Crippen molar-refractivity contribution in [3.63, 3.8) is 0 Å². The predicted octanol–water partition coefficient (Wildman–Crippen LogP) is 2.55. The van der Waals surface area contributed by atoms with Gasteiger partial charge in [0.25, 0.3) is 0 Å². The van der Waals surface area contributed by atoms with Gasteiger partial charge in [-0.25, -0.2) is 9.78 Å². The number of carboxylic acid groups (broad SMARTS) is 1. The number of hydrogen-bond acceptors (Lipinski definition) is 4. The minimum atomic E-state index is -1.00. The Morgan fingerprint density at radius 2 is 2.21 bits per heavy atom. The first-order valence-corrected chi connectivity index (χ1v) is 6.57. The molecule has 3 aromatic rings. The third-order valence-corrected chi connectivity index (χ3v) is 3.73. The zero-order valence-electron chi connectivity index (χ0n) is 10.2. The Bertz CT molecular complexity index is 760. The Hall–Kier alpha value is -2.21. The molecule has 0 saturated heterocycles. The molecule has 1 N–H and O–H groups in total. The molecule has 3 rings (SSSR count). The summed E-state index contributed by atoms with van der Waals surface area (Å²) in [7, 11) is 0. The van der Waals surface area contributed by atoms with Crippen LogP contribution in [0.25, 0.3) is 10.9 Å². The van der Waals surface area contributed by atoms with Gasteiger partial charge in [-0.3, -0.25) is 4.68 Å². The van der Waals surface area contributed by atoms with Crippen molar-refractivity contribution < 1.29 is 9.90 Å². The standard InChI is InChI=1S/C13H11N3O2S/c1-8-14-6-9(19-8)7-16-11-5-3-2-4-10(11)12(15-16)13(17)18/h2-6H,7H2,1H3,(H,17,18). The molecule has 0 unspecified atom stereocenters. The van der Waals surface area contributed by atoms with E-state index in [1.807, 2.05) is 25.1 Å². The number of carbonyl (C=O) groups is 1. The Kier molecular flexibility index (Phi) is 2.79. The summed E-state index contributed by atoms with van der Waals surface area (Å²) >= 11 is 1.59. The van der Waals surface area contributed by atoms with Crippen LogP contribution < -0.4 is 0 Å². The lowest BCUT2D eigenvalue weighted by Gasteiger charge is -1.99. The smallest absolute Gasteiger partial charge is 0.357 e. The van der Waals surface area contributed by atoms with Gasteiger partial charge >= 0.3 is 5.97 Å². The van der Waals surface area contributed by atoms with Gasteiger partial charge in [0.05, 0.1) is 17.1 Å². The van der Waals surface area contributed by atoms with Crippen LogP contribution in [-0.4, -0.2) is 25.8 Å². The summed E-state index contributed by atoms with van der Waals surface area (Å²) < 4.78 is 1.71. The molecule has 0 saturated carbocycles. The van der Waals surface area contributed by atoms with Gasteiger partial charge in [0.2, 0.25) is 0 Å². The van der Waals surface area contributed by atoms with Crippen LogP contribution in [0.2, 0.25) is 0 Å². The molecule has 0 aliphatic rings. The number of thiazole rings is 1. The number of hydrogen-bond donors (Lipinski definition) is 1. The zero-order chi connectivity index (χ0) is 13.4.